The molecule has 0 aliphatic carbocycles. The first-order valence-corrected chi connectivity index (χ1v) is 15.0. The molecule has 0 saturated carbocycles. The lowest BCUT2D eigenvalue weighted by atomic mass is 10.1. The smallest absolute Gasteiger partial charge is 0.185 e. The molecule has 0 N–H and O–H groups in total. The van der Waals surface area contributed by atoms with Gasteiger partial charge in [0.1, 0.15) is 11.5 Å². The zero-order valence-corrected chi connectivity index (χ0v) is 25.3. The topological polar surface area (TPSA) is 54.0 Å². The first-order chi connectivity index (χ1) is 18.9. The molecule has 0 heterocycles. The zero-order valence-electron chi connectivity index (χ0n) is 25.3. The van der Waals surface area contributed by atoms with Crippen molar-refractivity contribution in [3.05, 3.63) is 53.6 Å². The van der Waals surface area contributed by atoms with Crippen LogP contribution in [0.4, 0.5) is 0 Å². The van der Waals surface area contributed by atoms with Crippen molar-refractivity contribution in [2.45, 2.75) is 118 Å². The minimum absolute atomic E-state index is 0.0606. The number of carbonyl (C=O) groups is 1. The van der Waals surface area contributed by atoms with Gasteiger partial charge in [-0.05, 0) is 68.9 Å². The second-order valence-electron chi connectivity index (χ2n) is 10.1. The van der Waals surface area contributed by atoms with Crippen LogP contribution in [0.3, 0.4) is 0 Å². The van der Waals surface area contributed by atoms with Crippen molar-refractivity contribution < 1.29 is 23.7 Å². The number of rotatable bonds is 19. The molecular weight excluding hydrogens is 488 g/mol. The Hall–Kier alpha value is -2.95. The highest BCUT2D eigenvalue weighted by atomic mass is 16.5. The van der Waals surface area contributed by atoms with Crippen molar-refractivity contribution in [1.29, 1.82) is 0 Å². The van der Waals surface area contributed by atoms with E-state index in [0.717, 1.165) is 69.1 Å². The standard InChI is InChI=1S/C34H50O5/c1-8-15-27(11-4)37-30-19-14-18-25(22-30)32(35)21-20-26-23-31(38-28(12-5)16-9-2)24-33(36-7)34(26)39-29(13-6)17-10-3/h14,18-24,27-29H,8-13,15-17H2,1-7H3. The van der Waals surface area contributed by atoms with E-state index in [1.165, 1.54) is 0 Å². The monoisotopic (exact) mass is 538 g/mol. The lowest BCUT2D eigenvalue weighted by molar-refractivity contribution is 0.104. The molecule has 0 fully saturated rings. The fraction of sp³-hybridized carbons (Fsp3) is 0.559. The lowest BCUT2D eigenvalue weighted by Gasteiger charge is -2.23. The van der Waals surface area contributed by atoms with Crippen LogP contribution in [0.5, 0.6) is 23.0 Å². The minimum Gasteiger partial charge on any atom is -0.493 e. The Balaban J connectivity index is 2.42. The zero-order chi connectivity index (χ0) is 28.6. The van der Waals surface area contributed by atoms with E-state index in [4.69, 9.17) is 18.9 Å². The number of hydrogen-bond donors (Lipinski definition) is 0. The molecule has 0 spiro atoms. The van der Waals surface area contributed by atoms with Crippen LogP contribution >= 0.6 is 0 Å². The van der Waals surface area contributed by atoms with E-state index in [-0.39, 0.29) is 24.1 Å². The fourth-order valence-corrected chi connectivity index (χ4v) is 4.61. The molecule has 0 aromatic heterocycles. The summed E-state index contributed by atoms with van der Waals surface area (Å²) in [7, 11) is 1.64. The van der Waals surface area contributed by atoms with Gasteiger partial charge in [0.2, 0.25) is 0 Å². The van der Waals surface area contributed by atoms with E-state index in [2.05, 4.69) is 41.5 Å². The van der Waals surface area contributed by atoms with Gasteiger partial charge in [0.05, 0.1) is 25.4 Å². The average molecular weight is 539 g/mol. The number of hydrogen-bond acceptors (Lipinski definition) is 5. The molecular formula is C34H50O5. The fourth-order valence-electron chi connectivity index (χ4n) is 4.61. The first kappa shape index (κ1) is 32.3. The SMILES string of the molecule is CCCC(CC)Oc1cccc(C(=O)C=Cc2cc(OC(CC)CCC)cc(OC)c2OC(CC)CCC)c1. The quantitative estimate of drug-likeness (QED) is 0.132. The van der Waals surface area contributed by atoms with Crippen molar-refractivity contribution in [1.82, 2.24) is 0 Å². The van der Waals surface area contributed by atoms with Gasteiger partial charge in [0.15, 0.2) is 17.3 Å². The van der Waals surface area contributed by atoms with E-state index in [1.807, 2.05) is 42.5 Å². The summed E-state index contributed by atoms with van der Waals surface area (Å²) in [5.74, 6) is 2.59. The van der Waals surface area contributed by atoms with Crippen molar-refractivity contribution in [3.63, 3.8) is 0 Å². The molecule has 2 rings (SSSR count). The Labute approximate surface area is 236 Å². The third-order valence-corrected chi connectivity index (χ3v) is 6.90. The first-order valence-electron chi connectivity index (χ1n) is 15.0. The summed E-state index contributed by atoms with van der Waals surface area (Å²) in [4.78, 5) is 13.2. The highest BCUT2D eigenvalue weighted by molar-refractivity contribution is 6.07. The predicted octanol–water partition coefficient (Wildman–Crippen LogP) is 9.46. The maximum absolute atomic E-state index is 13.2. The highest BCUT2D eigenvalue weighted by Crippen LogP contribution is 2.39. The Morgan fingerprint density at radius 2 is 1.31 bits per heavy atom. The molecule has 0 aliphatic heterocycles. The summed E-state index contributed by atoms with van der Waals surface area (Å²) < 4.78 is 24.7. The maximum atomic E-state index is 13.2. The Bertz CT molecular complexity index is 1030. The third kappa shape index (κ3) is 10.3. The summed E-state index contributed by atoms with van der Waals surface area (Å²) >= 11 is 0. The molecule has 2 aromatic carbocycles. The molecule has 0 saturated heterocycles. The van der Waals surface area contributed by atoms with Crippen molar-refractivity contribution in [2.24, 2.45) is 0 Å². The van der Waals surface area contributed by atoms with Gasteiger partial charge < -0.3 is 18.9 Å². The van der Waals surface area contributed by atoms with Gasteiger partial charge in [-0.1, -0.05) is 72.9 Å². The molecule has 0 amide bonds. The van der Waals surface area contributed by atoms with Crippen molar-refractivity contribution in [2.75, 3.05) is 7.11 Å². The number of ketones is 1. The summed E-state index contributed by atoms with van der Waals surface area (Å²) in [6, 6.07) is 11.3. The number of ether oxygens (including phenoxy) is 4. The normalized spacial score (nSPS) is 13.6. The number of methoxy groups -OCH3 is 1. The van der Waals surface area contributed by atoms with Crippen molar-refractivity contribution in [3.8, 4) is 23.0 Å². The van der Waals surface area contributed by atoms with Crippen LogP contribution < -0.4 is 18.9 Å². The van der Waals surface area contributed by atoms with Crippen LogP contribution in [0.25, 0.3) is 6.08 Å². The van der Waals surface area contributed by atoms with Crippen LogP contribution in [-0.4, -0.2) is 31.2 Å². The van der Waals surface area contributed by atoms with E-state index < -0.39 is 0 Å². The van der Waals surface area contributed by atoms with Gasteiger partial charge in [-0.3, -0.25) is 4.79 Å². The van der Waals surface area contributed by atoms with E-state index in [1.54, 1.807) is 13.2 Å². The highest BCUT2D eigenvalue weighted by Gasteiger charge is 2.19. The number of allylic oxidation sites excluding steroid dienone is 1. The van der Waals surface area contributed by atoms with Gasteiger partial charge in [0.25, 0.3) is 0 Å². The summed E-state index contributed by atoms with van der Waals surface area (Å²) in [5.41, 5.74) is 1.35. The van der Waals surface area contributed by atoms with Crippen LogP contribution in [0.1, 0.15) is 115 Å². The molecule has 3 unspecified atom stereocenters. The van der Waals surface area contributed by atoms with Crippen LogP contribution in [0.2, 0.25) is 0 Å². The van der Waals surface area contributed by atoms with Crippen molar-refractivity contribution >= 4 is 11.9 Å². The average Bonchev–Trinajstić information content (AvgIpc) is 2.95. The van der Waals surface area contributed by atoms with Gasteiger partial charge >= 0.3 is 0 Å². The Morgan fingerprint density at radius 3 is 1.85 bits per heavy atom. The third-order valence-electron chi connectivity index (χ3n) is 6.90. The second kappa shape index (κ2) is 17.6. The predicted molar refractivity (Wildman–Crippen MR) is 162 cm³/mol. The van der Waals surface area contributed by atoms with E-state index >= 15 is 0 Å². The summed E-state index contributed by atoms with van der Waals surface area (Å²) in [5, 5.41) is 0. The largest absolute Gasteiger partial charge is 0.493 e. The summed E-state index contributed by atoms with van der Waals surface area (Å²) in [6.45, 7) is 12.8. The molecule has 0 aliphatic rings. The lowest BCUT2D eigenvalue weighted by Crippen LogP contribution is -2.17. The van der Waals surface area contributed by atoms with Crippen LogP contribution in [-0.2, 0) is 0 Å². The van der Waals surface area contributed by atoms with Gasteiger partial charge in [-0.15, -0.1) is 0 Å². The minimum atomic E-state index is -0.0988. The molecule has 3 atom stereocenters. The van der Waals surface area contributed by atoms with E-state index in [9.17, 15) is 4.79 Å². The Morgan fingerprint density at radius 1 is 0.744 bits per heavy atom. The maximum Gasteiger partial charge on any atom is 0.185 e. The van der Waals surface area contributed by atoms with Crippen LogP contribution in [0, 0.1) is 0 Å². The molecule has 0 bridgehead atoms. The summed E-state index contributed by atoms with van der Waals surface area (Å²) in [6.07, 6.45) is 12.5. The van der Waals surface area contributed by atoms with Gasteiger partial charge in [-0.2, -0.15) is 0 Å². The molecule has 5 nitrogen and oxygen atoms in total. The van der Waals surface area contributed by atoms with Gasteiger partial charge in [-0.25, -0.2) is 0 Å². The van der Waals surface area contributed by atoms with Gasteiger partial charge in [0, 0.05) is 17.2 Å². The number of benzene rings is 2. The molecule has 216 valence electrons. The second-order valence-corrected chi connectivity index (χ2v) is 10.1. The molecule has 5 heteroatoms. The Kier molecular flexibility index (Phi) is 14.6. The van der Waals surface area contributed by atoms with Crippen LogP contribution in [0.15, 0.2) is 42.5 Å². The molecule has 39 heavy (non-hydrogen) atoms. The molecule has 2 aromatic rings. The number of carbonyl (C=O) groups excluding carboxylic acids is 1. The van der Waals surface area contributed by atoms with E-state index in [0.29, 0.717) is 22.8 Å². The molecule has 0 radical (unpaired) electrons.